The third-order valence-corrected chi connectivity index (χ3v) is 3.73. The lowest BCUT2D eigenvalue weighted by atomic mass is 10.2. The summed E-state index contributed by atoms with van der Waals surface area (Å²) >= 11 is 1.62. The van der Waals surface area contributed by atoms with Gasteiger partial charge < -0.3 is 0 Å². The number of tetrazole rings is 1. The Morgan fingerprint density at radius 2 is 2.10 bits per heavy atom. The van der Waals surface area contributed by atoms with Gasteiger partial charge >= 0.3 is 0 Å². The Morgan fingerprint density at radius 3 is 2.80 bits per heavy atom. The van der Waals surface area contributed by atoms with Gasteiger partial charge in [0.1, 0.15) is 0 Å². The first-order valence-electron chi connectivity index (χ1n) is 6.63. The highest BCUT2D eigenvalue weighted by molar-refractivity contribution is 7.99. The molecular formula is C15H18N4S. The highest BCUT2D eigenvalue weighted by Gasteiger charge is 2.07. The molecule has 0 aliphatic carbocycles. The second-order valence-corrected chi connectivity index (χ2v) is 5.13. The molecule has 2 rings (SSSR count). The Bertz CT molecular complexity index is 587. The van der Waals surface area contributed by atoms with E-state index in [4.69, 9.17) is 0 Å². The van der Waals surface area contributed by atoms with E-state index in [1.54, 1.807) is 16.4 Å². The van der Waals surface area contributed by atoms with Gasteiger partial charge in [0, 0.05) is 5.75 Å². The van der Waals surface area contributed by atoms with Gasteiger partial charge in [-0.2, -0.15) is 4.68 Å². The van der Waals surface area contributed by atoms with Crippen LogP contribution in [0, 0.1) is 0 Å². The van der Waals surface area contributed by atoms with Gasteiger partial charge in [-0.15, -0.1) is 5.10 Å². The Morgan fingerprint density at radius 1 is 1.30 bits per heavy atom. The number of rotatable bonds is 6. The van der Waals surface area contributed by atoms with E-state index in [1.165, 1.54) is 5.57 Å². The molecule has 1 aromatic heterocycles. The van der Waals surface area contributed by atoms with E-state index in [0.29, 0.717) is 0 Å². The molecule has 0 fully saturated rings. The molecule has 2 aromatic rings. The number of thioether (sulfide) groups is 1. The first kappa shape index (κ1) is 14.5. The molecule has 0 radical (unpaired) electrons. The van der Waals surface area contributed by atoms with Crippen molar-refractivity contribution in [2.24, 2.45) is 0 Å². The fourth-order valence-corrected chi connectivity index (χ4v) is 2.44. The number of allylic oxidation sites excluding steroid dienone is 3. The summed E-state index contributed by atoms with van der Waals surface area (Å²) in [7, 11) is 0. The smallest absolute Gasteiger partial charge is 0.188 e. The number of hydrogen-bond acceptors (Lipinski definition) is 4. The summed E-state index contributed by atoms with van der Waals surface area (Å²) in [5.41, 5.74) is 2.32. The minimum Gasteiger partial charge on any atom is -0.188 e. The summed E-state index contributed by atoms with van der Waals surface area (Å²) in [5.74, 6) is 0.852. The molecule has 4 nitrogen and oxygen atoms in total. The Hall–Kier alpha value is -1.88. The van der Waals surface area contributed by atoms with Crippen molar-refractivity contribution in [1.29, 1.82) is 0 Å². The maximum atomic E-state index is 4.07. The molecule has 20 heavy (non-hydrogen) atoms. The van der Waals surface area contributed by atoms with Gasteiger partial charge in [0.05, 0.1) is 5.69 Å². The molecule has 0 aliphatic rings. The molecule has 0 saturated carbocycles. The van der Waals surface area contributed by atoms with Crippen molar-refractivity contribution in [2.45, 2.75) is 25.4 Å². The van der Waals surface area contributed by atoms with Crippen molar-refractivity contribution in [3.63, 3.8) is 0 Å². The third kappa shape index (κ3) is 3.81. The first-order chi connectivity index (χ1) is 9.85. The molecule has 0 bridgehead atoms. The molecule has 0 aliphatic heterocycles. The highest BCUT2D eigenvalue weighted by atomic mass is 32.2. The zero-order valence-corrected chi connectivity index (χ0v) is 12.5. The van der Waals surface area contributed by atoms with E-state index < -0.39 is 0 Å². The summed E-state index contributed by atoms with van der Waals surface area (Å²) in [4.78, 5) is 0. The quantitative estimate of drug-likeness (QED) is 0.600. The zero-order chi connectivity index (χ0) is 14.2. The molecule has 1 heterocycles. The monoisotopic (exact) mass is 286 g/mol. The highest BCUT2D eigenvalue weighted by Crippen LogP contribution is 2.18. The summed E-state index contributed by atoms with van der Waals surface area (Å²) in [6, 6.07) is 9.92. The largest absolute Gasteiger partial charge is 0.214 e. The second kappa shape index (κ2) is 7.65. The van der Waals surface area contributed by atoms with Gasteiger partial charge in [0.2, 0.25) is 5.16 Å². The number of para-hydroxylation sites is 1. The summed E-state index contributed by atoms with van der Waals surface area (Å²) < 4.78 is 1.76. The van der Waals surface area contributed by atoms with Gasteiger partial charge in [0.15, 0.2) is 0 Å². The van der Waals surface area contributed by atoms with Gasteiger partial charge in [-0.05, 0) is 35.9 Å². The van der Waals surface area contributed by atoms with Crippen LogP contribution in [-0.4, -0.2) is 26.0 Å². The number of nitrogens with zero attached hydrogens (tertiary/aromatic N) is 4. The number of hydrogen-bond donors (Lipinski definition) is 0. The van der Waals surface area contributed by atoms with Crippen LogP contribution in [-0.2, 0) is 0 Å². The average molecular weight is 286 g/mol. The van der Waals surface area contributed by atoms with Crippen molar-refractivity contribution in [3.8, 4) is 5.69 Å². The van der Waals surface area contributed by atoms with Crippen molar-refractivity contribution in [2.75, 3.05) is 5.75 Å². The average Bonchev–Trinajstić information content (AvgIpc) is 2.97. The fourth-order valence-electron chi connectivity index (χ4n) is 1.74. The molecule has 0 atom stereocenters. The van der Waals surface area contributed by atoms with E-state index >= 15 is 0 Å². The van der Waals surface area contributed by atoms with E-state index in [0.717, 1.165) is 23.0 Å². The predicted molar refractivity (Wildman–Crippen MR) is 83.1 cm³/mol. The van der Waals surface area contributed by atoms with Crippen LogP contribution in [0.4, 0.5) is 0 Å². The van der Waals surface area contributed by atoms with Crippen molar-refractivity contribution in [1.82, 2.24) is 20.2 Å². The first-order valence-corrected chi connectivity index (χ1v) is 7.62. The lowest BCUT2D eigenvalue weighted by Crippen LogP contribution is -1.98. The molecule has 1 aromatic carbocycles. The van der Waals surface area contributed by atoms with Crippen LogP contribution in [0.25, 0.3) is 5.69 Å². The lowest BCUT2D eigenvalue weighted by molar-refractivity contribution is 0.757. The zero-order valence-electron chi connectivity index (χ0n) is 11.7. The molecule has 0 unspecified atom stereocenters. The van der Waals surface area contributed by atoms with E-state index in [9.17, 15) is 0 Å². The van der Waals surface area contributed by atoms with Crippen LogP contribution in [0.1, 0.15) is 20.3 Å². The van der Waals surface area contributed by atoms with Crippen molar-refractivity contribution >= 4 is 11.8 Å². The molecule has 0 N–H and O–H groups in total. The Balaban J connectivity index is 2.00. The molecule has 5 heteroatoms. The predicted octanol–water partition coefficient (Wildman–Crippen LogP) is 3.67. The Kier molecular flexibility index (Phi) is 5.55. The van der Waals surface area contributed by atoms with Crippen molar-refractivity contribution < 1.29 is 0 Å². The van der Waals surface area contributed by atoms with Crippen LogP contribution < -0.4 is 0 Å². The summed E-state index contributed by atoms with van der Waals surface area (Å²) in [6.07, 6.45) is 7.49. The maximum Gasteiger partial charge on any atom is 0.214 e. The number of aromatic nitrogens is 4. The second-order valence-electron chi connectivity index (χ2n) is 4.14. The standard InChI is InChI=1S/C15H18N4S/c1-3-13(4-2)9-8-12-20-15-16-17-18-19(15)14-10-6-5-7-11-14/h3,5-11H,4,12H2,1-2H3/b9-8+,13-3+. The molecule has 0 amide bonds. The van der Waals surface area contributed by atoms with Gasteiger partial charge in [-0.3, -0.25) is 0 Å². The van der Waals surface area contributed by atoms with Crippen LogP contribution in [0.3, 0.4) is 0 Å². The normalized spacial score (nSPS) is 12.2. The van der Waals surface area contributed by atoms with Crippen LogP contribution in [0.2, 0.25) is 0 Å². The fraction of sp³-hybridized carbons (Fsp3) is 0.267. The molecule has 104 valence electrons. The maximum absolute atomic E-state index is 4.07. The Labute approximate surface area is 123 Å². The van der Waals surface area contributed by atoms with Crippen LogP contribution >= 0.6 is 11.8 Å². The van der Waals surface area contributed by atoms with Crippen LogP contribution in [0.5, 0.6) is 0 Å². The minimum absolute atomic E-state index is 0.805. The number of benzene rings is 1. The lowest BCUT2D eigenvalue weighted by Gasteiger charge is -2.02. The third-order valence-electron chi connectivity index (χ3n) is 2.86. The topological polar surface area (TPSA) is 43.6 Å². The van der Waals surface area contributed by atoms with E-state index in [1.807, 2.05) is 30.3 Å². The van der Waals surface area contributed by atoms with Crippen molar-refractivity contribution in [3.05, 3.63) is 54.1 Å². The van der Waals surface area contributed by atoms with E-state index in [2.05, 4.69) is 47.6 Å². The van der Waals surface area contributed by atoms with E-state index in [-0.39, 0.29) is 0 Å². The van der Waals surface area contributed by atoms with Gasteiger partial charge in [-0.25, -0.2) is 0 Å². The summed E-state index contributed by atoms with van der Waals surface area (Å²) in [6.45, 7) is 4.22. The van der Waals surface area contributed by atoms with Crippen LogP contribution in [0.15, 0.2) is 59.3 Å². The SMILES string of the molecule is C/C=C(/C=C/CSc1nnnn1-c1ccccc1)CC. The summed E-state index contributed by atoms with van der Waals surface area (Å²) in [5, 5.41) is 12.7. The minimum atomic E-state index is 0.805. The van der Waals surface area contributed by atoms with Gasteiger partial charge in [0.25, 0.3) is 0 Å². The molecular weight excluding hydrogens is 268 g/mol. The molecule has 0 spiro atoms. The van der Waals surface area contributed by atoms with Gasteiger partial charge in [-0.1, -0.05) is 60.7 Å². The molecule has 0 saturated heterocycles.